The first kappa shape index (κ1) is 4.98. The molecular weight excluding hydrogens is 74.9 g/mol. The molecule has 0 bridgehead atoms. The van der Waals surface area contributed by atoms with Gasteiger partial charge in [0.15, 0.2) is 0 Å². The molecule has 0 rings (SSSR count). The van der Waals surface area contributed by atoms with E-state index in [9.17, 15) is 4.70 Å². The van der Waals surface area contributed by atoms with Crippen LogP contribution in [0.3, 0.4) is 0 Å². The summed E-state index contributed by atoms with van der Waals surface area (Å²) in [6.45, 7) is 0. The van der Waals surface area contributed by atoms with E-state index in [0.29, 0.717) is 7.15 Å². The maximum atomic E-state index is 9.27. The fraction of sp³-hybridized carbons (Fsp3) is 0. The third-order valence-corrected chi connectivity index (χ3v) is 0.194. The third kappa shape index (κ3) is 2.98. The minimum absolute atomic E-state index is 0.418. The Bertz CT molecular complexity index is 132. The molecule has 0 spiro atoms. The molecule has 0 aromatic heterocycles. The van der Waals surface area contributed by atoms with Gasteiger partial charge in [0.2, 0.25) is 0 Å². The first-order valence-electron chi connectivity index (χ1n) is 1.27. The maximum absolute atomic E-state index is 9.27. The predicted molar refractivity (Wildman–Crippen MR) is 21.3 cm³/mol. The Hall–Kier alpha value is -1.02. The summed E-state index contributed by atoms with van der Waals surface area (Å²) in [5.41, 5.74) is 0. The van der Waals surface area contributed by atoms with Crippen molar-refractivity contribution >= 4 is 7.15 Å². The zero-order valence-corrected chi connectivity index (χ0v) is 2.99. The molecular formula is C4BO. The fourth-order valence-corrected chi connectivity index (χ4v) is 0.0655. The predicted octanol–water partition coefficient (Wildman–Crippen LogP) is -0.413. The summed E-state index contributed by atoms with van der Waals surface area (Å²) in [4.78, 5) is 0. The monoisotopic (exact) mass is 75.0 g/mol. The van der Waals surface area contributed by atoms with Gasteiger partial charge < -0.3 is 0 Å². The SMILES string of the molecule is [C]#CC#CB=O. The van der Waals surface area contributed by atoms with Crippen LogP contribution in [0.25, 0.3) is 0 Å². The summed E-state index contributed by atoms with van der Waals surface area (Å²) in [6.07, 6.45) is 6.12. The van der Waals surface area contributed by atoms with Crippen molar-refractivity contribution in [2.75, 3.05) is 0 Å². The molecule has 0 unspecified atom stereocenters. The Morgan fingerprint density at radius 1 is 1.67 bits per heavy atom. The van der Waals surface area contributed by atoms with E-state index in [1.54, 1.807) is 5.92 Å². The van der Waals surface area contributed by atoms with Crippen LogP contribution in [-0.2, 0) is 4.70 Å². The van der Waals surface area contributed by atoms with Crippen LogP contribution in [0, 0.1) is 24.1 Å². The molecule has 0 amide bonds. The van der Waals surface area contributed by atoms with Crippen LogP contribution in [0.4, 0.5) is 0 Å². The van der Waals surface area contributed by atoms with Crippen molar-refractivity contribution in [2.45, 2.75) is 0 Å². The van der Waals surface area contributed by atoms with Crippen molar-refractivity contribution in [3.8, 4) is 17.7 Å². The van der Waals surface area contributed by atoms with E-state index in [2.05, 4.69) is 0 Å². The second-order valence-corrected chi connectivity index (χ2v) is 0.512. The molecule has 0 fully saturated rings. The van der Waals surface area contributed by atoms with E-state index in [1.165, 1.54) is 0 Å². The zero-order valence-electron chi connectivity index (χ0n) is 2.99. The molecule has 0 aromatic rings. The van der Waals surface area contributed by atoms with Gasteiger partial charge in [0.25, 0.3) is 0 Å². The molecule has 2 heteroatoms. The first-order valence-corrected chi connectivity index (χ1v) is 1.27. The van der Waals surface area contributed by atoms with Gasteiger partial charge in [-0.15, -0.1) is 0 Å². The van der Waals surface area contributed by atoms with Crippen LogP contribution in [0.5, 0.6) is 0 Å². The van der Waals surface area contributed by atoms with Crippen LogP contribution in [0.2, 0.25) is 0 Å². The molecule has 0 aromatic carbocycles. The molecule has 0 saturated carbocycles. The van der Waals surface area contributed by atoms with Crippen LogP contribution in [-0.4, -0.2) is 7.15 Å². The summed E-state index contributed by atoms with van der Waals surface area (Å²) in [5.74, 6) is 5.69. The molecule has 25 valence electrons. The summed E-state index contributed by atoms with van der Waals surface area (Å²) < 4.78 is 9.27. The Morgan fingerprint density at radius 2 is 2.33 bits per heavy atom. The van der Waals surface area contributed by atoms with E-state index in [-0.39, 0.29) is 0 Å². The second kappa shape index (κ2) is 3.98. The summed E-state index contributed by atoms with van der Waals surface area (Å²) >= 11 is 0. The van der Waals surface area contributed by atoms with Crippen molar-refractivity contribution in [3.05, 3.63) is 6.42 Å². The summed E-state index contributed by atoms with van der Waals surface area (Å²) in [7, 11) is 0.418. The van der Waals surface area contributed by atoms with Gasteiger partial charge >= 0.3 is 35.9 Å². The Labute approximate surface area is 37.0 Å². The van der Waals surface area contributed by atoms with Gasteiger partial charge in [-0.1, -0.05) is 0 Å². The molecule has 6 heavy (non-hydrogen) atoms. The molecule has 1 nitrogen and oxygen atoms in total. The van der Waals surface area contributed by atoms with Gasteiger partial charge in [0, 0.05) is 0 Å². The normalized spacial score (nSPS) is 3.17. The molecule has 0 saturated heterocycles. The van der Waals surface area contributed by atoms with E-state index >= 15 is 0 Å². The Balaban J connectivity index is 3.50. The van der Waals surface area contributed by atoms with Crippen molar-refractivity contribution in [1.82, 2.24) is 0 Å². The van der Waals surface area contributed by atoms with Crippen LogP contribution in [0.15, 0.2) is 0 Å². The minimum atomic E-state index is 0.418. The summed E-state index contributed by atoms with van der Waals surface area (Å²) in [5, 5.41) is 0. The van der Waals surface area contributed by atoms with Crippen LogP contribution in [0.1, 0.15) is 0 Å². The van der Waals surface area contributed by atoms with Crippen molar-refractivity contribution in [2.24, 2.45) is 0 Å². The molecule has 0 aliphatic heterocycles. The standard InChI is InChI=1S/C4BO/c1-2-3-4-5-6. The average Bonchev–Trinajstić information content (AvgIpc) is 1.61. The first-order chi connectivity index (χ1) is 2.91. The van der Waals surface area contributed by atoms with Gasteiger partial charge in [-0.25, -0.2) is 0 Å². The van der Waals surface area contributed by atoms with Gasteiger partial charge in [-0.2, -0.15) is 0 Å². The van der Waals surface area contributed by atoms with Crippen molar-refractivity contribution in [3.63, 3.8) is 0 Å². The van der Waals surface area contributed by atoms with Crippen LogP contribution < -0.4 is 0 Å². The molecule has 0 atom stereocenters. The van der Waals surface area contributed by atoms with E-state index in [4.69, 9.17) is 6.42 Å². The fourth-order valence-electron chi connectivity index (χ4n) is 0.0655. The quantitative estimate of drug-likeness (QED) is 0.282. The van der Waals surface area contributed by atoms with Gasteiger partial charge in [-0.05, 0) is 0 Å². The van der Waals surface area contributed by atoms with Gasteiger partial charge in [0.05, 0.1) is 0 Å². The van der Waals surface area contributed by atoms with Crippen molar-refractivity contribution < 1.29 is 4.70 Å². The second-order valence-electron chi connectivity index (χ2n) is 0.512. The summed E-state index contributed by atoms with van der Waals surface area (Å²) in [6, 6.07) is 0. The van der Waals surface area contributed by atoms with E-state index in [1.807, 2.05) is 11.7 Å². The number of hydrogen-bond donors (Lipinski definition) is 0. The Kier molecular flexibility index (Phi) is 3.31. The molecule has 0 aliphatic rings. The number of hydrogen-bond acceptors (Lipinski definition) is 1. The topological polar surface area (TPSA) is 17.1 Å². The molecule has 0 N–H and O–H groups in total. The number of rotatable bonds is 0. The van der Waals surface area contributed by atoms with Crippen LogP contribution >= 0.6 is 0 Å². The molecule has 1 radical (unpaired) electrons. The van der Waals surface area contributed by atoms with Crippen molar-refractivity contribution in [1.29, 1.82) is 0 Å². The Morgan fingerprint density at radius 3 is 2.50 bits per heavy atom. The van der Waals surface area contributed by atoms with E-state index < -0.39 is 0 Å². The zero-order chi connectivity index (χ0) is 4.83. The van der Waals surface area contributed by atoms with E-state index in [0.717, 1.165) is 0 Å². The average molecular weight is 74.9 g/mol. The van der Waals surface area contributed by atoms with Gasteiger partial charge in [0.1, 0.15) is 0 Å². The molecule has 0 heterocycles. The molecule has 0 aliphatic carbocycles. The van der Waals surface area contributed by atoms with Gasteiger partial charge in [-0.3, -0.25) is 0 Å². The third-order valence-electron chi connectivity index (χ3n) is 0.194.